The normalized spacial score (nSPS) is 32.5. The van der Waals surface area contributed by atoms with Crippen LogP contribution >= 0.6 is 0 Å². The molecule has 1 aliphatic heterocycles. The largest absolute Gasteiger partial charge is 0.469 e. The minimum atomic E-state index is -1.04. The average Bonchev–Trinajstić information content (AvgIpc) is 2.47. The number of unbranched alkanes of at least 4 members (excludes halogenated alkanes) is 2. The topological polar surface area (TPSA) is 105 Å². The highest BCUT2D eigenvalue weighted by Gasteiger charge is 2.41. The summed E-state index contributed by atoms with van der Waals surface area (Å²) in [6.07, 6.45) is 0.902. The number of carbonyl (C=O) groups is 2. The summed E-state index contributed by atoms with van der Waals surface area (Å²) in [6.45, 7) is 1.75. The van der Waals surface area contributed by atoms with Gasteiger partial charge in [0, 0.05) is 6.42 Å². The lowest BCUT2D eigenvalue weighted by atomic mass is 9.91. The van der Waals surface area contributed by atoms with Crippen molar-refractivity contribution < 1.29 is 29.3 Å². The summed E-state index contributed by atoms with van der Waals surface area (Å²) >= 11 is 0. The molecule has 0 spiro atoms. The molecule has 1 unspecified atom stereocenters. The van der Waals surface area contributed by atoms with Gasteiger partial charge in [0.1, 0.15) is 12.2 Å². The van der Waals surface area contributed by atoms with Gasteiger partial charge in [0.25, 0.3) is 0 Å². The van der Waals surface area contributed by atoms with Crippen LogP contribution in [0.2, 0.25) is 0 Å². The van der Waals surface area contributed by atoms with Crippen molar-refractivity contribution in [3.8, 4) is 0 Å². The Bertz CT molecular complexity index is 337. The zero-order valence-electron chi connectivity index (χ0n) is 12.5. The Morgan fingerprint density at radius 2 is 2.00 bits per heavy atom. The van der Waals surface area contributed by atoms with Crippen LogP contribution in [0.5, 0.6) is 0 Å². The summed E-state index contributed by atoms with van der Waals surface area (Å²) in [7, 11) is 1.36. The van der Waals surface area contributed by atoms with Gasteiger partial charge in [0.2, 0.25) is 6.41 Å². The number of nitrogens with one attached hydrogen (secondary N) is 1. The second kappa shape index (κ2) is 8.96. The first-order chi connectivity index (χ1) is 10.0. The number of rotatable bonds is 8. The van der Waals surface area contributed by atoms with Gasteiger partial charge in [0.05, 0.1) is 25.4 Å². The smallest absolute Gasteiger partial charge is 0.305 e. The summed E-state index contributed by atoms with van der Waals surface area (Å²) in [5, 5.41) is 22.5. The van der Waals surface area contributed by atoms with Crippen LogP contribution in [0.25, 0.3) is 0 Å². The summed E-state index contributed by atoms with van der Waals surface area (Å²) in [5.41, 5.74) is 0. The minimum absolute atomic E-state index is 0.226. The molecule has 0 aromatic carbocycles. The Kier molecular flexibility index (Phi) is 7.63. The number of hydrogen-bond acceptors (Lipinski definition) is 6. The van der Waals surface area contributed by atoms with E-state index in [9.17, 15) is 19.8 Å². The lowest BCUT2D eigenvalue weighted by Gasteiger charge is -2.41. The fraction of sp³-hybridized carbons (Fsp3) is 0.857. The fourth-order valence-electron chi connectivity index (χ4n) is 2.60. The monoisotopic (exact) mass is 303 g/mol. The molecule has 0 radical (unpaired) electrons. The summed E-state index contributed by atoms with van der Waals surface area (Å²) in [5.74, 6) is -0.226. The second-order valence-corrected chi connectivity index (χ2v) is 5.35. The molecule has 3 N–H and O–H groups in total. The molecule has 1 heterocycles. The maximum atomic E-state index is 11.0. The molecule has 0 bridgehead atoms. The molecular weight excluding hydrogens is 278 g/mol. The molecular formula is C14H25NO6. The van der Waals surface area contributed by atoms with E-state index in [1.807, 2.05) is 0 Å². The third-order valence-electron chi connectivity index (χ3n) is 3.85. The number of hydrogen-bond donors (Lipinski definition) is 3. The molecule has 21 heavy (non-hydrogen) atoms. The molecule has 1 amide bonds. The van der Waals surface area contributed by atoms with Crippen molar-refractivity contribution in [1.82, 2.24) is 5.32 Å². The standard InChI is InChI=1S/C14H25NO6/c1-9-12(15-8-16)14(19)13(18)10(21-9)6-4-3-5-7-11(17)20-2/h8-10,12-14,18-19H,3-7H2,1-2H3,(H,15,16)/t9-,10?,12-,13-,14+/m1/s1. The van der Waals surface area contributed by atoms with Gasteiger partial charge in [0.15, 0.2) is 0 Å². The van der Waals surface area contributed by atoms with Crippen molar-refractivity contribution in [2.24, 2.45) is 0 Å². The molecule has 0 aromatic rings. The molecule has 1 aliphatic rings. The van der Waals surface area contributed by atoms with E-state index in [2.05, 4.69) is 10.1 Å². The van der Waals surface area contributed by atoms with Gasteiger partial charge in [-0.05, 0) is 19.8 Å². The Labute approximate surface area is 124 Å². The number of esters is 1. The molecule has 0 aromatic heterocycles. The molecule has 0 aliphatic carbocycles. The van der Waals surface area contributed by atoms with Crippen LogP contribution in [0.15, 0.2) is 0 Å². The minimum Gasteiger partial charge on any atom is -0.469 e. The molecule has 7 nitrogen and oxygen atoms in total. The summed E-state index contributed by atoms with van der Waals surface area (Å²) in [6, 6.07) is -0.604. The van der Waals surface area contributed by atoms with Crippen LogP contribution in [-0.4, -0.2) is 60.2 Å². The van der Waals surface area contributed by atoms with E-state index in [1.165, 1.54) is 7.11 Å². The lowest BCUT2D eigenvalue weighted by Crippen LogP contribution is -2.61. The summed E-state index contributed by atoms with van der Waals surface area (Å²) < 4.78 is 10.2. The van der Waals surface area contributed by atoms with E-state index < -0.39 is 24.4 Å². The van der Waals surface area contributed by atoms with E-state index in [4.69, 9.17) is 4.74 Å². The maximum absolute atomic E-state index is 11.0. The van der Waals surface area contributed by atoms with Crippen molar-refractivity contribution in [2.75, 3.05) is 7.11 Å². The van der Waals surface area contributed by atoms with Crippen LogP contribution in [0.1, 0.15) is 39.0 Å². The number of methoxy groups -OCH3 is 1. The van der Waals surface area contributed by atoms with Gasteiger partial charge in [-0.2, -0.15) is 0 Å². The highest BCUT2D eigenvalue weighted by atomic mass is 16.5. The van der Waals surface area contributed by atoms with Gasteiger partial charge in [-0.15, -0.1) is 0 Å². The van der Waals surface area contributed by atoms with Gasteiger partial charge in [-0.1, -0.05) is 12.8 Å². The third kappa shape index (κ3) is 5.26. The van der Waals surface area contributed by atoms with Crippen molar-refractivity contribution in [3.63, 3.8) is 0 Å². The van der Waals surface area contributed by atoms with Crippen LogP contribution in [0.4, 0.5) is 0 Å². The zero-order chi connectivity index (χ0) is 15.8. The number of aliphatic hydroxyl groups is 2. The quantitative estimate of drug-likeness (QED) is 0.324. The highest BCUT2D eigenvalue weighted by molar-refractivity contribution is 5.68. The molecule has 0 saturated carbocycles. The molecule has 1 fully saturated rings. The second-order valence-electron chi connectivity index (χ2n) is 5.35. The Morgan fingerprint density at radius 1 is 1.29 bits per heavy atom. The van der Waals surface area contributed by atoms with E-state index in [1.54, 1.807) is 6.92 Å². The zero-order valence-corrected chi connectivity index (χ0v) is 12.5. The number of aliphatic hydroxyl groups excluding tert-OH is 2. The van der Waals surface area contributed by atoms with E-state index in [0.29, 0.717) is 19.3 Å². The van der Waals surface area contributed by atoms with E-state index in [-0.39, 0.29) is 12.1 Å². The molecule has 1 rings (SSSR count). The average molecular weight is 303 g/mol. The first-order valence-corrected chi connectivity index (χ1v) is 7.29. The van der Waals surface area contributed by atoms with Crippen LogP contribution in [0, 0.1) is 0 Å². The van der Waals surface area contributed by atoms with Crippen LogP contribution in [-0.2, 0) is 19.1 Å². The first-order valence-electron chi connectivity index (χ1n) is 7.29. The Morgan fingerprint density at radius 3 is 2.62 bits per heavy atom. The van der Waals surface area contributed by atoms with Crippen molar-refractivity contribution in [3.05, 3.63) is 0 Å². The van der Waals surface area contributed by atoms with Gasteiger partial charge in [-0.25, -0.2) is 0 Å². The molecule has 7 heteroatoms. The van der Waals surface area contributed by atoms with Gasteiger partial charge in [-0.3, -0.25) is 9.59 Å². The molecule has 5 atom stereocenters. The number of carbonyl (C=O) groups excluding carboxylic acids is 2. The van der Waals surface area contributed by atoms with Crippen molar-refractivity contribution >= 4 is 12.4 Å². The van der Waals surface area contributed by atoms with Crippen LogP contribution in [0.3, 0.4) is 0 Å². The van der Waals surface area contributed by atoms with Crippen LogP contribution < -0.4 is 5.32 Å². The molecule has 122 valence electrons. The van der Waals surface area contributed by atoms with Crippen molar-refractivity contribution in [1.29, 1.82) is 0 Å². The predicted octanol–water partition coefficient (Wildman–Crippen LogP) is -0.266. The SMILES string of the molecule is COC(=O)CCCCCC1O[C@H](C)[C@@H](NC=O)[C@H](O)[C@@H]1O. The Balaban J connectivity index is 2.32. The van der Waals surface area contributed by atoms with Gasteiger partial charge >= 0.3 is 5.97 Å². The van der Waals surface area contributed by atoms with E-state index in [0.717, 1.165) is 19.3 Å². The first kappa shape index (κ1) is 17.9. The van der Waals surface area contributed by atoms with Gasteiger partial charge < -0.3 is 25.0 Å². The third-order valence-corrected chi connectivity index (χ3v) is 3.85. The number of ether oxygens (including phenoxy) is 2. The van der Waals surface area contributed by atoms with Crippen molar-refractivity contribution in [2.45, 2.75) is 69.5 Å². The fourth-order valence-corrected chi connectivity index (χ4v) is 2.60. The Hall–Kier alpha value is -1.18. The van der Waals surface area contributed by atoms with E-state index >= 15 is 0 Å². The number of amides is 1. The molecule has 1 saturated heterocycles. The highest BCUT2D eigenvalue weighted by Crippen LogP contribution is 2.24. The summed E-state index contributed by atoms with van der Waals surface area (Å²) in [4.78, 5) is 21.4. The predicted molar refractivity (Wildman–Crippen MR) is 74.4 cm³/mol. The maximum Gasteiger partial charge on any atom is 0.305 e. The lowest BCUT2D eigenvalue weighted by molar-refractivity contribution is -0.181.